The number of piperidine rings is 1. The number of hydrogen-bond acceptors (Lipinski definition) is 7. The summed E-state index contributed by atoms with van der Waals surface area (Å²) in [7, 11) is 0. The number of primary amides is 1. The third kappa shape index (κ3) is 5.90. The normalized spacial score (nSPS) is 13.5. The second-order valence-corrected chi connectivity index (χ2v) is 8.32. The van der Waals surface area contributed by atoms with Crippen LogP contribution in [0.5, 0.6) is 5.75 Å². The summed E-state index contributed by atoms with van der Waals surface area (Å²) < 4.78 is 7.88. The Balaban J connectivity index is 0.000000967. The van der Waals surface area contributed by atoms with Crippen LogP contribution in [0.15, 0.2) is 78.5 Å². The van der Waals surface area contributed by atoms with Crippen LogP contribution in [0.3, 0.4) is 0 Å². The quantitative estimate of drug-likeness (QED) is 0.325. The molecule has 1 aromatic carbocycles. The molecule has 0 aliphatic carbocycles. The number of carbonyl (C=O) groups excluding carboxylic acids is 2. The largest absolute Gasteiger partial charge is 0.493 e. The first kappa shape index (κ1) is 24.5. The summed E-state index contributed by atoms with van der Waals surface area (Å²) in [5.41, 5.74) is 7.51. The summed E-state index contributed by atoms with van der Waals surface area (Å²) in [6.07, 6.45) is 9.95. The van der Waals surface area contributed by atoms with E-state index in [0.717, 1.165) is 48.5 Å². The number of carbonyl (C=O) groups is 2. The van der Waals surface area contributed by atoms with Crippen molar-refractivity contribution in [3.05, 3.63) is 83.8 Å². The SMILES string of the molecule is NC=O.O=NC(=O)c1cccc(OCC2CCN(c3ccc(-c4ccc5nccn5c4)cn3)CC2)c1. The van der Waals surface area contributed by atoms with E-state index in [2.05, 4.69) is 45.2 Å². The maximum Gasteiger partial charge on any atom is 0.316 e. The Kier molecular flexibility index (Phi) is 7.97. The summed E-state index contributed by atoms with van der Waals surface area (Å²) >= 11 is 0. The zero-order valence-electron chi connectivity index (χ0n) is 19.6. The Morgan fingerprint density at radius 3 is 2.61 bits per heavy atom. The maximum absolute atomic E-state index is 11.4. The Morgan fingerprint density at radius 1 is 1.11 bits per heavy atom. The van der Waals surface area contributed by atoms with Crippen LogP contribution in [0.2, 0.25) is 0 Å². The smallest absolute Gasteiger partial charge is 0.316 e. The average molecular weight is 487 g/mol. The van der Waals surface area contributed by atoms with Gasteiger partial charge in [0.2, 0.25) is 6.41 Å². The lowest BCUT2D eigenvalue weighted by Gasteiger charge is -2.32. The van der Waals surface area contributed by atoms with Crippen molar-refractivity contribution in [3.63, 3.8) is 0 Å². The molecule has 36 heavy (non-hydrogen) atoms. The lowest BCUT2D eigenvalue weighted by molar-refractivity contribution is -0.106. The highest BCUT2D eigenvalue weighted by Crippen LogP contribution is 2.26. The molecule has 2 N–H and O–H groups in total. The minimum Gasteiger partial charge on any atom is -0.493 e. The number of amides is 2. The molecule has 3 aromatic heterocycles. The molecule has 1 aliphatic heterocycles. The molecular formula is C26H26N6O4. The number of hydrogen-bond donors (Lipinski definition) is 1. The van der Waals surface area contributed by atoms with Crippen molar-refractivity contribution in [2.75, 3.05) is 24.6 Å². The first-order valence-corrected chi connectivity index (χ1v) is 11.5. The third-order valence-corrected chi connectivity index (χ3v) is 6.06. The molecule has 184 valence electrons. The van der Waals surface area contributed by atoms with Gasteiger partial charge >= 0.3 is 5.91 Å². The van der Waals surface area contributed by atoms with E-state index in [1.165, 1.54) is 0 Å². The number of aromatic nitrogens is 3. The van der Waals surface area contributed by atoms with Crippen molar-refractivity contribution in [1.29, 1.82) is 0 Å². The van der Waals surface area contributed by atoms with Crippen LogP contribution in [0.4, 0.5) is 5.82 Å². The summed E-state index contributed by atoms with van der Waals surface area (Å²) in [5, 5.41) is 2.46. The fourth-order valence-electron chi connectivity index (χ4n) is 4.15. The van der Waals surface area contributed by atoms with Crippen LogP contribution in [0.1, 0.15) is 23.2 Å². The van der Waals surface area contributed by atoms with Crippen LogP contribution in [0, 0.1) is 10.8 Å². The molecule has 0 unspecified atom stereocenters. The van der Waals surface area contributed by atoms with Gasteiger partial charge in [0, 0.05) is 54.2 Å². The van der Waals surface area contributed by atoms with Gasteiger partial charge < -0.3 is 19.8 Å². The number of nitrogens with zero attached hydrogens (tertiary/aromatic N) is 5. The van der Waals surface area contributed by atoms with E-state index in [0.29, 0.717) is 18.3 Å². The zero-order valence-corrected chi connectivity index (χ0v) is 19.6. The molecule has 10 nitrogen and oxygen atoms in total. The van der Waals surface area contributed by atoms with Gasteiger partial charge in [-0.1, -0.05) is 6.07 Å². The van der Waals surface area contributed by atoms with Crippen molar-refractivity contribution >= 4 is 23.8 Å². The number of fused-ring (bicyclic) bond motifs is 1. The monoisotopic (exact) mass is 486 g/mol. The number of anilines is 1. The molecule has 0 radical (unpaired) electrons. The van der Waals surface area contributed by atoms with Crippen LogP contribution in [-0.2, 0) is 4.79 Å². The standard InChI is InChI=1S/C25H23N5O3.CH3NO/c31-25(28-32)19-2-1-3-22(14-19)33-17-18-8-11-29(12-9-18)24-6-4-20(15-27-24)21-5-7-23-26-10-13-30(23)16-21;2-1-3/h1-7,10,13-16,18H,8-9,11-12,17H2;1H,(H2,2,3). The summed E-state index contributed by atoms with van der Waals surface area (Å²) in [5.74, 6) is 1.20. The number of nitrogens with two attached hydrogens (primary N) is 1. The van der Waals surface area contributed by atoms with E-state index in [1.54, 1.807) is 30.5 Å². The maximum atomic E-state index is 11.4. The highest BCUT2D eigenvalue weighted by atomic mass is 16.5. The van der Waals surface area contributed by atoms with Gasteiger partial charge in [-0.3, -0.25) is 9.59 Å². The predicted molar refractivity (Wildman–Crippen MR) is 136 cm³/mol. The Hall–Kier alpha value is -4.60. The lowest BCUT2D eigenvalue weighted by Crippen LogP contribution is -2.36. The van der Waals surface area contributed by atoms with E-state index in [9.17, 15) is 9.70 Å². The predicted octanol–water partition coefficient (Wildman–Crippen LogP) is 3.70. The zero-order chi connectivity index (χ0) is 25.3. The Bertz CT molecular complexity index is 1330. The Morgan fingerprint density at radius 2 is 1.89 bits per heavy atom. The summed E-state index contributed by atoms with van der Waals surface area (Å²) in [4.78, 5) is 41.7. The molecule has 0 spiro atoms. The van der Waals surface area contributed by atoms with Crippen LogP contribution >= 0.6 is 0 Å². The molecule has 0 atom stereocenters. The van der Waals surface area contributed by atoms with Crippen LogP contribution < -0.4 is 15.4 Å². The van der Waals surface area contributed by atoms with E-state index in [-0.39, 0.29) is 12.0 Å². The van der Waals surface area contributed by atoms with Gasteiger partial charge in [-0.05, 0) is 66.8 Å². The van der Waals surface area contributed by atoms with Gasteiger partial charge in [0.1, 0.15) is 17.2 Å². The van der Waals surface area contributed by atoms with E-state index >= 15 is 0 Å². The molecule has 0 saturated carbocycles. The second kappa shape index (κ2) is 11.7. The number of imidazole rings is 1. The summed E-state index contributed by atoms with van der Waals surface area (Å²) in [6, 6.07) is 14.9. The van der Waals surface area contributed by atoms with Gasteiger partial charge in [-0.15, -0.1) is 4.91 Å². The van der Waals surface area contributed by atoms with Crippen molar-refractivity contribution in [1.82, 2.24) is 14.4 Å². The van der Waals surface area contributed by atoms with Crippen molar-refractivity contribution < 1.29 is 14.3 Å². The first-order chi connectivity index (χ1) is 17.6. The van der Waals surface area contributed by atoms with E-state index in [1.807, 2.05) is 22.9 Å². The first-order valence-electron chi connectivity index (χ1n) is 11.5. The molecular weight excluding hydrogens is 460 g/mol. The number of nitroso groups, excluding NO2 is 1. The number of ether oxygens (including phenoxy) is 1. The minimum atomic E-state index is -0.783. The number of benzene rings is 1. The van der Waals surface area contributed by atoms with Crippen LogP contribution in [0.25, 0.3) is 16.8 Å². The van der Waals surface area contributed by atoms with Gasteiger partial charge in [0.25, 0.3) is 0 Å². The lowest BCUT2D eigenvalue weighted by atomic mass is 9.97. The van der Waals surface area contributed by atoms with Gasteiger partial charge in [0.15, 0.2) is 0 Å². The molecule has 4 aromatic rings. The number of pyridine rings is 2. The fourth-order valence-corrected chi connectivity index (χ4v) is 4.15. The second-order valence-electron chi connectivity index (χ2n) is 8.32. The van der Waals surface area contributed by atoms with E-state index in [4.69, 9.17) is 14.5 Å². The fraction of sp³-hybridized carbons (Fsp3) is 0.231. The van der Waals surface area contributed by atoms with Crippen molar-refractivity contribution in [2.24, 2.45) is 16.8 Å². The molecule has 4 heterocycles. The third-order valence-electron chi connectivity index (χ3n) is 6.06. The molecule has 2 amide bonds. The summed E-state index contributed by atoms with van der Waals surface area (Å²) in [6.45, 7) is 2.40. The highest BCUT2D eigenvalue weighted by Gasteiger charge is 2.21. The minimum absolute atomic E-state index is 0.247. The molecule has 0 bridgehead atoms. The van der Waals surface area contributed by atoms with Crippen molar-refractivity contribution in [3.8, 4) is 16.9 Å². The van der Waals surface area contributed by atoms with Gasteiger partial charge in [-0.25, -0.2) is 9.97 Å². The van der Waals surface area contributed by atoms with Crippen LogP contribution in [-0.4, -0.2) is 46.4 Å². The van der Waals surface area contributed by atoms with Crippen molar-refractivity contribution in [2.45, 2.75) is 12.8 Å². The molecule has 1 saturated heterocycles. The Labute approximate surface area is 207 Å². The molecule has 5 rings (SSSR count). The molecule has 1 aliphatic rings. The average Bonchev–Trinajstić information content (AvgIpc) is 3.41. The highest BCUT2D eigenvalue weighted by molar-refractivity contribution is 5.95. The van der Waals surface area contributed by atoms with Gasteiger partial charge in [-0.2, -0.15) is 0 Å². The number of rotatable bonds is 6. The molecule has 10 heteroatoms. The van der Waals surface area contributed by atoms with Gasteiger partial charge in [0.05, 0.1) is 6.61 Å². The topological polar surface area (TPSA) is 132 Å². The molecule has 1 fully saturated rings. The van der Waals surface area contributed by atoms with E-state index < -0.39 is 5.91 Å².